The minimum absolute atomic E-state index is 0.0145. The van der Waals surface area contributed by atoms with Gasteiger partial charge in [-0.2, -0.15) is 0 Å². The van der Waals surface area contributed by atoms with Gasteiger partial charge in [0.25, 0.3) is 0 Å². The maximum atomic E-state index is 11.5. The minimum atomic E-state index is -0.0145. The van der Waals surface area contributed by atoms with Crippen LogP contribution in [0.4, 0.5) is 0 Å². The Bertz CT molecular complexity index is 203. The normalized spacial score (nSPS) is 10.9. The Morgan fingerprint density at radius 1 is 0.895 bits per heavy atom. The second-order valence-corrected chi connectivity index (χ2v) is 5.12. The van der Waals surface area contributed by atoms with Gasteiger partial charge >= 0.3 is 5.97 Å². The Hall–Kier alpha value is -0.570. The maximum absolute atomic E-state index is 11.5. The largest absolute Gasteiger partial charge is 0.466 e. The average molecular weight is 271 g/mol. The first-order valence-electron chi connectivity index (χ1n) is 8.12. The molecule has 3 heteroatoms. The third-order valence-electron chi connectivity index (χ3n) is 3.51. The highest BCUT2D eigenvalue weighted by molar-refractivity contribution is 5.69. The molecule has 19 heavy (non-hydrogen) atoms. The van der Waals surface area contributed by atoms with Crippen molar-refractivity contribution in [2.75, 3.05) is 26.2 Å². The second kappa shape index (κ2) is 13.9. The standard InChI is InChI=1S/C16H33NO2/c1-4-7-8-9-10-13-16(18)19-15-12-11-14-17(5-2)6-3/h4-15H2,1-3H3. The van der Waals surface area contributed by atoms with Gasteiger partial charge in [0.05, 0.1) is 6.61 Å². The van der Waals surface area contributed by atoms with Crippen molar-refractivity contribution in [3.63, 3.8) is 0 Å². The lowest BCUT2D eigenvalue weighted by Crippen LogP contribution is -2.24. The van der Waals surface area contributed by atoms with Gasteiger partial charge in [0.1, 0.15) is 0 Å². The lowest BCUT2D eigenvalue weighted by atomic mass is 10.1. The number of carbonyl (C=O) groups excluding carboxylic acids is 1. The zero-order valence-electron chi connectivity index (χ0n) is 13.2. The summed E-state index contributed by atoms with van der Waals surface area (Å²) in [5, 5.41) is 0. The van der Waals surface area contributed by atoms with Crippen LogP contribution in [0.25, 0.3) is 0 Å². The lowest BCUT2D eigenvalue weighted by molar-refractivity contribution is -0.143. The van der Waals surface area contributed by atoms with E-state index in [0.717, 1.165) is 45.3 Å². The van der Waals surface area contributed by atoms with Gasteiger partial charge in [-0.25, -0.2) is 0 Å². The number of carbonyl (C=O) groups is 1. The van der Waals surface area contributed by atoms with E-state index in [1.165, 1.54) is 19.3 Å². The second-order valence-electron chi connectivity index (χ2n) is 5.12. The van der Waals surface area contributed by atoms with E-state index in [4.69, 9.17) is 4.74 Å². The predicted molar refractivity (Wildman–Crippen MR) is 81.4 cm³/mol. The summed E-state index contributed by atoms with van der Waals surface area (Å²) < 4.78 is 5.24. The molecule has 0 aromatic carbocycles. The van der Waals surface area contributed by atoms with E-state index >= 15 is 0 Å². The molecule has 0 radical (unpaired) electrons. The number of unbranched alkanes of at least 4 members (excludes halogenated alkanes) is 5. The van der Waals surface area contributed by atoms with Crippen LogP contribution in [0.15, 0.2) is 0 Å². The summed E-state index contributed by atoms with van der Waals surface area (Å²) in [6, 6.07) is 0. The summed E-state index contributed by atoms with van der Waals surface area (Å²) >= 11 is 0. The zero-order chi connectivity index (χ0) is 14.3. The molecule has 0 fully saturated rings. The SMILES string of the molecule is CCCCCCCC(=O)OCCCCN(CC)CC. The van der Waals surface area contributed by atoms with E-state index in [9.17, 15) is 4.79 Å². The van der Waals surface area contributed by atoms with Crippen molar-refractivity contribution in [3.05, 3.63) is 0 Å². The third kappa shape index (κ3) is 12.2. The summed E-state index contributed by atoms with van der Waals surface area (Å²) in [6.45, 7) is 10.5. The quantitative estimate of drug-likeness (QED) is 0.374. The smallest absolute Gasteiger partial charge is 0.305 e. The number of nitrogens with zero attached hydrogens (tertiary/aromatic N) is 1. The molecule has 0 rings (SSSR count). The Kier molecular flexibility index (Phi) is 13.4. The minimum Gasteiger partial charge on any atom is -0.466 e. The van der Waals surface area contributed by atoms with Gasteiger partial charge in [-0.1, -0.05) is 46.5 Å². The summed E-state index contributed by atoms with van der Waals surface area (Å²) in [7, 11) is 0. The molecule has 0 atom stereocenters. The Labute approximate surface area is 119 Å². The van der Waals surface area contributed by atoms with Crippen molar-refractivity contribution in [1.29, 1.82) is 0 Å². The molecule has 0 amide bonds. The third-order valence-corrected chi connectivity index (χ3v) is 3.51. The molecule has 0 spiro atoms. The highest BCUT2D eigenvalue weighted by atomic mass is 16.5. The first-order valence-corrected chi connectivity index (χ1v) is 8.12. The molecule has 0 saturated heterocycles. The van der Waals surface area contributed by atoms with Crippen molar-refractivity contribution >= 4 is 5.97 Å². The first-order chi connectivity index (χ1) is 9.24. The van der Waals surface area contributed by atoms with Crippen molar-refractivity contribution in [3.8, 4) is 0 Å². The Morgan fingerprint density at radius 3 is 2.21 bits per heavy atom. The van der Waals surface area contributed by atoms with E-state index in [1.807, 2.05) is 0 Å². The summed E-state index contributed by atoms with van der Waals surface area (Å²) in [6.07, 6.45) is 8.61. The van der Waals surface area contributed by atoms with Gasteiger partial charge in [0, 0.05) is 6.42 Å². The van der Waals surface area contributed by atoms with E-state index in [0.29, 0.717) is 13.0 Å². The van der Waals surface area contributed by atoms with Crippen LogP contribution in [0.3, 0.4) is 0 Å². The van der Waals surface area contributed by atoms with Crippen LogP contribution in [0.5, 0.6) is 0 Å². The van der Waals surface area contributed by atoms with Crippen LogP contribution in [-0.4, -0.2) is 37.1 Å². The molecule has 0 N–H and O–H groups in total. The maximum Gasteiger partial charge on any atom is 0.305 e. The van der Waals surface area contributed by atoms with Crippen molar-refractivity contribution < 1.29 is 9.53 Å². The number of esters is 1. The molecule has 0 aliphatic carbocycles. The van der Waals surface area contributed by atoms with Crippen molar-refractivity contribution in [2.45, 2.75) is 72.1 Å². The Morgan fingerprint density at radius 2 is 1.58 bits per heavy atom. The van der Waals surface area contributed by atoms with Crippen LogP contribution in [0.1, 0.15) is 72.1 Å². The number of rotatable bonds is 13. The molecule has 114 valence electrons. The van der Waals surface area contributed by atoms with E-state index in [1.54, 1.807) is 0 Å². The van der Waals surface area contributed by atoms with Crippen molar-refractivity contribution in [1.82, 2.24) is 4.90 Å². The molecule has 0 aliphatic rings. The molecule has 0 aromatic heterocycles. The fourth-order valence-electron chi connectivity index (χ4n) is 2.11. The summed E-state index contributed by atoms with van der Waals surface area (Å²) in [4.78, 5) is 13.9. The number of hydrogen-bond acceptors (Lipinski definition) is 3. The van der Waals surface area contributed by atoms with Crippen LogP contribution in [0, 0.1) is 0 Å². The fourth-order valence-corrected chi connectivity index (χ4v) is 2.11. The Balaban J connectivity index is 3.29. The molecular formula is C16H33NO2. The van der Waals surface area contributed by atoms with Gasteiger partial charge in [-0.15, -0.1) is 0 Å². The van der Waals surface area contributed by atoms with Gasteiger partial charge < -0.3 is 9.64 Å². The van der Waals surface area contributed by atoms with Gasteiger partial charge in [-0.3, -0.25) is 4.79 Å². The highest BCUT2D eigenvalue weighted by Crippen LogP contribution is 2.06. The topological polar surface area (TPSA) is 29.5 Å². The number of ether oxygens (including phenoxy) is 1. The average Bonchev–Trinajstić information content (AvgIpc) is 2.42. The van der Waals surface area contributed by atoms with Gasteiger partial charge in [0.15, 0.2) is 0 Å². The number of hydrogen-bond donors (Lipinski definition) is 0. The summed E-state index contributed by atoms with van der Waals surface area (Å²) in [5.41, 5.74) is 0. The van der Waals surface area contributed by atoms with E-state index < -0.39 is 0 Å². The van der Waals surface area contributed by atoms with Gasteiger partial charge in [-0.05, 0) is 38.9 Å². The molecule has 0 saturated carbocycles. The van der Waals surface area contributed by atoms with E-state index in [2.05, 4.69) is 25.7 Å². The zero-order valence-corrected chi connectivity index (χ0v) is 13.2. The summed E-state index contributed by atoms with van der Waals surface area (Å²) in [5.74, 6) is -0.0145. The fraction of sp³-hybridized carbons (Fsp3) is 0.938. The van der Waals surface area contributed by atoms with Crippen LogP contribution >= 0.6 is 0 Å². The molecule has 0 unspecified atom stereocenters. The molecule has 3 nitrogen and oxygen atoms in total. The molecule has 0 bridgehead atoms. The van der Waals surface area contributed by atoms with Crippen LogP contribution in [0.2, 0.25) is 0 Å². The molecule has 0 heterocycles. The first kappa shape index (κ1) is 18.4. The lowest BCUT2D eigenvalue weighted by Gasteiger charge is -2.17. The highest BCUT2D eigenvalue weighted by Gasteiger charge is 2.03. The van der Waals surface area contributed by atoms with Crippen LogP contribution in [-0.2, 0) is 9.53 Å². The van der Waals surface area contributed by atoms with Crippen LogP contribution < -0.4 is 0 Å². The van der Waals surface area contributed by atoms with Gasteiger partial charge in [0.2, 0.25) is 0 Å². The van der Waals surface area contributed by atoms with Crippen molar-refractivity contribution in [2.24, 2.45) is 0 Å². The van der Waals surface area contributed by atoms with E-state index in [-0.39, 0.29) is 5.97 Å². The molecular weight excluding hydrogens is 238 g/mol. The molecule has 0 aliphatic heterocycles. The molecule has 0 aromatic rings. The monoisotopic (exact) mass is 271 g/mol. The predicted octanol–water partition coefficient (Wildman–Crippen LogP) is 4.01.